The van der Waals surface area contributed by atoms with Crippen molar-refractivity contribution in [1.29, 1.82) is 0 Å². The maximum Gasteiger partial charge on any atom is 0.303 e. The fourth-order valence-corrected chi connectivity index (χ4v) is 2.14. The van der Waals surface area contributed by atoms with Gasteiger partial charge in [-0.15, -0.1) is 16.4 Å². The summed E-state index contributed by atoms with van der Waals surface area (Å²) in [5.74, 6) is -0.748. The van der Waals surface area contributed by atoms with E-state index in [9.17, 15) is 4.79 Å². The Morgan fingerprint density at radius 1 is 1.39 bits per heavy atom. The molecule has 96 valence electrons. The molecule has 2 aromatic rings. The minimum absolute atomic E-state index is 0.215. The molecule has 0 spiro atoms. The minimum Gasteiger partial charge on any atom is -0.481 e. The molecular weight excluding hydrogens is 252 g/mol. The average Bonchev–Trinajstić information content (AvgIpc) is 2.97. The monoisotopic (exact) mass is 266 g/mol. The first-order valence-electron chi connectivity index (χ1n) is 5.72. The summed E-state index contributed by atoms with van der Waals surface area (Å²) in [6.07, 6.45) is 4.37. The van der Waals surface area contributed by atoms with Crippen LogP contribution in [0.3, 0.4) is 0 Å². The van der Waals surface area contributed by atoms with E-state index in [1.54, 1.807) is 21.5 Å². The molecule has 0 saturated heterocycles. The van der Waals surface area contributed by atoms with Gasteiger partial charge in [-0.05, 0) is 19.3 Å². The normalized spacial score (nSPS) is 10.7. The van der Waals surface area contributed by atoms with Crippen LogP contribution < -0.4 is 0 Å². The molecule has 2 heterocycles. The minimum atomic E-state index is -0.748. The summed E-state index contributed by atoms with van der Waals surface area (Å²) < 4.78 is 1.75. The number of nitrogens with zero attached hydrogens (tertiary/aromatic N) is 4. The summed E-state index contributed by atoms with van der Waals surface area (Å²) >= 11 is 1.56. The van der Waals surface area contributed by atoms with Gasteiger partial charge in [-0.3, -0.25) is 4.79 Å². The van der Waals surface area contributed by atoms with Crippen molar-refractivity contribution in [1.82, 2.24) is 20.0 Å². The topological polar surface area (TPSA) is 80.9 Å². The maximum atomic E-state index is 10.4. The molecule has 2 rings (SSSR count). The van der Waals surface area contributed by atoms with Crippen LogP contribution in [0.1, 0.15) is 30.7 Å². The van der Waals surface area contributed by atoms with Crippen molar-refractivity contribution < 1.29 is 9.90 Å². The predicted octanol–water partition coefficient (Wildman–Crippen LogP) is 1.58. The maximum absolute atomic E-state index is 10.4. The lowest BCUT2D eigenvalue weighted by molar-refractivity contribution is -0.137. The van der Waals surface area contributed by atoms with E-state index in [-0.39, 0.29) is 6.42 Å². The Hall–Kier alpha value is -1.76. The van der Waals surface area contributed by atoms with Crippen molar-refractivity contribution in [3.63, 3.8) is 0 Å². The zero-order valence-corrected chi connectivity index (χ0v) is 10.6. The molecule has 0 aliphatic heterocycles. The third-order valence-electron chi connectivity index (χ3n) is 2.47. The van der Waals surface area contributed by atoms with E-state index in [1.807, 2.05) is 11.6 Å². The lowest BCUT2D eigenvalue weighted by atomic mass is 10.1. The summed E-state index contributed by atoms with van der Waals surface area (Å²) in [7, 11) is 0. The molecule has 0 aromatic carbocycles. The standard InChI is InChI=1S/C11H14N4O2S/c16-11(17)4-2-1-3-9-5-15(14-13-9)6-10-7-18-8-12-10/h5,7-8H,1-4,6H2,(H,16,17). The molecule has 6 nitrogen and oxygen atoms in total. The number of carbonyl (C=O) groups is 1. The highest BCUT2D eigenvalue weighted by Crippen LogP contribution is 2.06. The Balaban J connectivity index is 1.77. The van der Waals surface area contributed by atoms with Crippen LogP contribution in [0.4, 0.5) is 0 Å². The second kappa shape index (κ2) is 6.25. The highest BCUT2D eigenvalue weighted by molar-refractivity contribution is 7.07. The number of aromatic nitrogens is 4. The van der Waals surface area contributed by atoms with Gasteiger partial charge in [0, 0.05) is 18.0 Å². The van der Waals surface area contributed by atoms with E-state index in [1.165, 1.54) is 0 Å². The van der Waals surface area contributed by atoms with Gasteiger partial charge < -0.3 is 5.11 Å². The molecule has 1 N–H and O–H groups in total. The fourth-order valence-electron chi connectivity index (χ4n) is 1.59. The molecule has 0 radical (unpaired) electrons. The van der Waals surface area contributed by atoms with Crippen molar-refractivity contribution in [3.8, 4) is 0 Å². The van der Waals surface area contributed by atoms with Gasteiger partial charge >= 0.3 is 5.97 Å². The number of aliphatic carboxylic acids is 1. The van der Waals surface area contributed by atoms with Gasteiger partial charge in [0.15, 0.2) is 0 Å². The van der Waals surface area contributed by atoms with E-state index in [2.05, 4.69) is 15.3 Å². The van der Waals surface area contributed by atoms with Crippen LogP contribution in [0.5, 0.6) is 0 Å². The molecule has 2 aromatic heterocycles. The third kappa shape index (κ3) is 3.92. The van der Waals surface area contributed by atoms with Crippen LogP contribution >= 0.6 is 11.3 Å². The van der Waals surface area contributed by atoms with Crippen molar-refractivity contribution in [2.75, 3.05) is 0 Å². The molecule has 0 bridgehead atoms. The molecule has 0 saturated carbocycles. The first-order chi connectivity index (χ1) is 8.74. The molecule has 0 amide bonds. The van der Waals surface area contributed by atoms with Crippen molar-refractivity contribution in [2.45, 2.75) is 32.2 Å². The quantitative estimate of drug-likeness (QED) is 0.769. The molecule has 0 unspecified atom stereocenters. The van der Waals surface area contributed by atoms with E-state index < -0.39 is 5.97 Å². The molecule has 0 aliphatic rings. The summed E-state index contributed by atoms with van der Waals surface area (Å²) in [5, 5.41) is 18.6. The van der Waals surface area contributed by atoms with E-state index in [4.69, 9.17) is 5.11 Å². The number of thiazole rings is 1. The van der Waals surface area contributed by atoms with Gasteiger partial charge in [-0.25, -0.2) is 9.67 Å². The number of hydrogen-bond donors (Lipinski definition) is 1. The Morgan fingerprint density at radius 3 is 3.00 bits per heavy atom. The van der Waals surface area contributed by atoms with Crippen molar-refractivity contribution in [3.05, 3.63) is 28.5 Å². The van der Waals surface area contributed by atoms with Gasteiger partial charge in [0.05, 0.1) is 23.4 Å². The summed E-state index contributed by atoms with van der Waals surface area (Å²) in [5.41, 5.74) is 3.66. The predicted molar refractivity (Wildman–Crippen MR) is 66.4 cm³/mol. The second-order valence-corrected chi connectivity index (χ2v) is 4.71. The number of carboxylic acid groups (broad SMARTS) is 1. The zero-order valence-electron chi connectivity index (χ0n) is 9.82. The smallest absolute Gasteiger partial charge is 0.303 e. The molecule has 0 aliphatic carbocycles. The van der Waals surface area contributed by atoms with Gasteiger partial charge in [0.25, 0.3) is 0 Å². The van der Waals surface area contributed by atoms with Gasteiger partial charge in [-0.1, -0.05) is 5.21 Å². The molecule has 7 heteroatoms. The lowest BCUT2D eigenvalue weighted by Crippen LogP contribution is -2.00. The van der Waals surface area contributed by atoms with E-state index >= 15 is 0 Å². The molecular formula is C11H14N4O2S. The number of unbranched alkanes of at least 4 members (excludes halogenated alkanes) is 1. The SMILES string of the molecule is O=C(O)CCCCc1cn(Cc2cscn2)nn1. The molecule has 0 fully saturated rings. The Kier molecular flexibility index (Phi) is 4.40. The summed E-state index contributed by atoms with van der Waals surface area (Å²) in [6, 6.07) is 0. The highest BCUT2D eigenvalue weighted by atomic mass is 32.1. The van der Waals surface area contributed by atoms with Crippen molar-refractivity contribution >= 4 is 17.3 Å². The Bertz CT molecular complexity index is 495. The lowest BCUT2D eigenvalue weighted by Gasteiger charge is -1.95. The van der Waals surface area contributed by atoms with Crippen LogP contribution in [0, 0.1) is 0 Å². The second-order valence-electron chi connectivity index (χ2n) is 3.99. The average molecular weight is 266 g/mol. The Labute approximate surface area is 108 Å². The van der Waals surface area contributed by atoms with Gasteiger partial charge in [0.1, 0.15) is 0 Å². The van der Waals surface area contributed by atoms with Gasteiger partial charge in [0.2, 0.25) is 0 Å². The van der Waals surface area contributed by atoms with Crippen LogP contribution in [-0.4, -0.2) is 31.1 Å². The third-order valence-corrected chi connectivity index (χ3v) is 3.10. The molecule has 18 heavy (non-hydrogen) atoms. The van der Waals surface area contributed by atoms with Gasteiger partial charge in [-0.2, -0.15) is 0 Å². The van der Waals surface area contributed by atoms with Crippen LogP contribution in [0.25, 0.3) is 0 Å². The largest absolute Gasteiger partial charge is 0.481 e. The molecule has 0 atom stereocenters. The fraction of sp³-hybridized carbons (Fsp3) is 0.455. The van der Waals surface area contributed by atoms with Crippen molar-refractivity contribution in [2.24, 2.45) is 0 Å². The van der Waals surface area contributed by atoms with Crippen LogP contribution in [-0.2, 0) is 17.8 Å². The zero-order chi connectivity index (χ0) is 12.8. The van der Waals surface area contributed by atoms with Crippen LogP contribution in [0.15, 0.2) is 17.1 Å². The van der Waals surface area contributed by atoms with Crippen LogP contribution in [0.2, 0.25) is 0 Å². The first-order valence-corrected chi connectivity index (χ1v) is 6.66. The number of carboxylic acids is 1. The van der Waals surface area contributed by atoms with E-state index in [0.717, 1.165) is 24.2 Å². The summed E-state index contributed by atoms with van der Waals surface area (Å²) in [6.45, 7) is 0.631. The summed E-state index contributed by atoms with van der Waals surface area (Å²) in [4.78, 5) is 14.5. The van der Waals surface area contributed by atoms with E-state index in [0.29, 0.717) is 13.0 Å². The number of hydrogen-bond acceptors (Lipinski definition) is 5. The Morgan fingerprint density at radius 2 is 2.28 bits per heavy atom. The number of aryl methyl sites for hydroxylation is 1. The highest BCUT2D eigenvalue weighted by Gasteiger charge is 2.03. The number of rotatable bonds is 7. The first kappa shape index (κ1) is 12.7.